The summed E-state index contributed by atoms with van der Waals surface area (Å²) in [6.45, 7) is 7.94. The molecule has 0 heterocycles. The topological polar surface area (TPSA) is 83.5 Å². The fraction of sp³-hybridized carbons (Fsp3) is 0.320. The molecule has 0 saturated heterocycles. The van der Waals surface area contributed by atoms with Gasteiger partial charge in [-0.05, 0) is 41.2 Å². The van der Waals surface area contributed by atoms with Gasteiger partial charge < -0.3 is 10.4 Å². The molecule has 5 heteroatoms. The van der Waals surface area contributed by atoms with Crippen LogP contribution < -0.4 is 5.32 Å². The third-order valence-electron chi connectivity index (χ3n) is 4.68. The largest absolute Gasteiger partial charge is 0.481 e. The molecule has 0 fully saturated rings. The van der Waals surface area contributed by atoms with Gasteiger partial charge in [0.15, 0.2) is 0 Å². The van der Waals surface area contributed by atoms with Gasteiger partial charge in [-0.3, -0.25) is 14.4 Å². The van der Waals surface area contributed by atoms with Crippen LogP contribution in [0, 0.1) is 11.8 Å². The fourth-order valence-electron chi connectivity index (χ4n) is 3.01. The molecule has 2 aromatic rings. The number of carboxylic acid groups (broad SMARTS) is 1. The number of anilines is 1. The summed E-state index contributed by atoms with van der Waals surface area (Å²) >= 11 is 0. The van der Waals surface area contributed by atoms with Crippen molar-refractivity contribution >= 4 is 23.3 Å². The highest BCUT2D eigenvalue weighted by atomic mass is 16.4. The van der Waals surface area contributed by atoms with Crippen LogP contribution in [-0.2, 0) is 26.2 Å². The molecule has 156 valence electrons. The monoisotopic (exact) mass is 405 g/mol. The second-order valence-electron chi connectivity index (χ2n) is 8.17. The van der Waals surface area contributed by atoms with Crippen LogP contribution in [0.5, 0.6) is 0 Å². The van der Waals surface area contributed by atoms with Crippen LogP contribution in [0.4, 0.5) is 5.69 Å². The Morgan fingerprint density at radius 3 is 2.30 bits per heavy atom. The minimum atomic E-state index is -0.929. The number of Topliss-reactive ketones (excluding diaryl/α,β-unsaturated/α-hetero) is 1. The minimum Gasteiger partial charge on any atom is -0.481 e. The molecule has 0 bridgehead atoms. The lowest BCUT2D eigenvalue weighted by Gasteiger charge is -2.19. The van der Waals surface area contributed by atoms with Gasteiger partial charge in [0, 0.05) is 12.1 Å². The molecule has 0 aliphatic rings. The Kier molecular flexibility index (Phi) is 7.54. The molecule has 0 radical (unpaired) electrons. The number of amides is 1. The second kappa shape index (κ2) is 9.89. The number of benzene rings is 2. The first-order valence-electron chi connectivity index (χ1n) is 9.77. The quantitative estimate of drug-likeness (QED) is 0.531. The van der Waals surface area contributed by atoms with Crippen LogP contribution >= 0.6 is 0 Å². The number of hydrogen-bond donors (Lipinski definition) is 2. The third kappa shape index (κ3) is 6.59. The number of carboxylic acids is 1. The summed E-state index contributed by atoms with van der Waals surface area (Å²) in [7, 11) is 0. The zero-order chi connectivity index (χ0) is 22.3. The fourth-order valence-corrected chi connectivity index (χ4v) is 3.01. The molecule has 0 saturated carbocycles. The maximum absolute atomic E-state index is 12.4. The van der Waals surface area contributed by atoms with Crippen molar-refractivity contribution in [2.75, 3.05) is 5.32 Å². The lowest BCUT2D eigenvalue weighted by Crippen LogP contribution is -2.24. The molecule has 2 aromatic carbocycles. The van der Waals surface area contributed by atoms with E-state index >= 15 is 0 Å². The average Bonchev–Trinajstić information content (AvgIpc) is 2.67. The first kappa shape index (κ1) is 22.9. The average molecular weight is 405 g/mol. The summed E-state index contributed by atoms with van der Waals surface area (Å²) in [6.07, 6.45) is -0.0702. The van der Waals surface area contributed by atoms with Crippen molar-refractivity contribution in [2.24, 2.45) is 0 Å². The van der Waals surface area contributed by atoms with Gasteiger partial charge in [-0.2, -0.15) is 0 Å². The van der Waals surface area contributed by atoms with E-state index in [4.69, 9.17) is 5.11 Å². The van der Waals surface area contributed by atoms with Crippen LogP contribution in [0.1, 0.15) is 56.7 Å². The second-order valence-corrected chi connectivity index (χ2v) is 8.17. The van der Waals surface area contributed by atoms with E-state index in [1.54, 1.807) is 31.2 Å². The van der Waals surface area contributed by atoms with Gasteiger partial charge in [0.25, 0.3) is 5.91 Å². The van der Waals surface area contributed by atoms with E-state index in [1.165, 1.54) is 0 Å². The summed E-state index contributed by atoms with van der Waals surface area (Å²) in [5.41, 5.74) is 3.08. The van der Waals surface area contributed by atoms with Crippen LogP contribution in [0.2, 0.25) is 0 Å². The van der Waals surface area contributed by atoms with Gasteiger partial charge in [0.1, 0.15) is 0 Å². The predicted octanol–water partition coefficient (Wildman–Crippen LogP) is 4.32. The predicted molar refractivity (Wildman–Crippen MR) is 117 cm³/mol. The molecule has 1 atom stereocenters. The summed E-state index contributed by atoms with van der Waals surface area (Å²) in [4.78, 5) is 35.7. The van der Waals surface area contributed by atoms with Crippen LogP contribution in [0.15, 0.2) is 48.5 Å². The zero-order valence-corrected chi connectivity index (χ0v) is 17.8. The molecule has 2 rings (SSSR count). The molecule has 0 aliphatic carbocycles. The maximum atomic E-state index is 12.4. The number of aliphatic carboxylic acids is 1. The van der Waals surface area contributed by atoms with Crippen LogP contribution in [-0.4, -0.2) is 22.8 Å². The van der Waals surface area contributed by atoms with Gasteiger partial charge in [-0.1, -0.05) is 63.1 Å². The van der Waals surface area contributed by atoms with Gasteiger partial charge >= 0.3 is 5.97 Å². The molecule has 30 heavy (non-hydrogen) atoms. The van der Waals surface area contributed by atoms with Gasteiger partial charge in [-0.15, -0.1) is 5.92 Å². The normalized spacial score (nSPS) is 11.7. The van der Waals surface area contributed by atoms with Crippen molar-refractivity contribution in [1.29, 1.82) is 0 Å². The number of hydrogen-bond acceptors (Lipinski definition) is 3. The Morgan fingerprint density at radius 1 is 1.07 bits per heavy atom. The van der Waals surface area contributed by atoms with Crippen molar-refractivity contribution in [1.82, 2.24) is 0 Å². The molecule has 0 spiro atoms. The highest BCUT2D eigenvalue weighted by molar-refractivity contribution is 6.41. The number of rotatable bonds is 7. The van der Waals surface area contributed by atoms with E-state index in [-0.39, 0.29) is 18.3 Å². The molecule has 0 aromatic heterocycles. The van der Waals surface area contributed by atoms with E-state index in [1.807, 2.05) is 24.3 Å². The Balaban J connectivity index is 2.04. The molecule has 0 unspecified atom stereocenters. The Morgan fingerprint density at radius 2 is 1.73 bits per heavy atom. The third-order valence-corrected chi connectivity index (χ3v) is 4.68. The molecule has 2 N–H and O–H groups in total. The van der Waals surface area contributed by atoms with Gasteiger partial charge in [0.2, 0.25) is 5.78 Å². The Hall–Kier alpha value is -3.39. The van der Waals surface area contributed by atoms with Crippen molar-refractivity contribution < 1.29 is 19.5 Å². The number of nitrogens with one attached hydrogen (secondary N) is 1. The van der Waals surface area contributed by atoms with Crippen LogP contribution in [0.25, 0.3) is 0 Å². The van der Waals surface area contributed by atoms with E-state index in [0.717, 1.165) is 16.7 Å². The lowest BCUT2D eigenvalue weighted by atomic mass is 9.86. The van der Waals surface area contributed by atoms with Crippen molar-refractivity contribution in [2.45, 2.75) is 51.9 Å². The van der Waals surface area contributed by atoms with Crippen molar-refractivity contribution in [3.05, 3.63) is 65.2 Å². The summed E-state index contributed by atoms with van der Waals surface area (Å²) in [5.74, 6) is 3.07. The van der Waals surface area contributed by atoms with E-state index in [9.17, 15) is 14.4 Å². The molecule has 0 aliphatic heterocycles. The SMILES string of the molecule is CC#C[C@@H](CC(=O)O)c1ccc(NC(=O)C(=O)Cc2cccc(C(C)(C)C)c2)cc1. The van der Waals surface area contributed by atoms with Crippen molar-refractivity contribution in [3.8, 4) is 11.8 Å². The van der Waals surface area contributed by atoms with E-state index < -0.39 is 23.6 Å². The number of carbonyl (C=O) groups is 3. The van der Waals surface area contributed by atoms with Gasteiger partial charge in [0.05, 0.1) is 12.3 Å². The summed E-state index contributed by atoms with van der Waals surface area (Å²) in [6, 6.07) is 14.4. The van der Waals surface area contributed by atoms with E-state index in [0.29, 0.717) is 5.69 Å². The summed E-state index contributed by atoms with van der Waals surface area (Å²) < 4.78 is 0. The Bertz CT molecular complexity index is 988. The zero-order valence-electron chi connectivity index (χ0n) is 17.8. The molecular weight excluding hydrogens is 378 g/mol. The maximum Gasteiger partial charge on any atom is 0.304 e. The standard InChI is InChI=1S/C25H27NO4/c1-5-7-19(16-23(28)29)18-10-12-21(13-11-18)26-24(30)22(27)15-17-8-6-9-20(14-17)25(2,3)4/h6,8-14,19H,15-16H2,1-4H3,(H,26,30)(H,28,29)/t19-/m0/s1. The van der Waals surface area contributed by atoms with Crippen LogP contribution in [0.3, 0.4) is 0 Å². The molecular formula is C25H27NO4. The first-order chi connectivity index (χ1) is 14.1. The molecule has 5 nitrogen and oxygen atoms in total. The lowest BCUT2D eigenvalue weighted by molar-refractivity contribution is -0.137. The highest BCUT2D eigenvalue weighted by Crippen LogP contribution is 2.23. The van der Waals surface area contributed by atoms with Gasteiger partial charge in [-0.25, -0.2) is 0 Å². The minimum absolute atomic E-state index is 0.0284. The number of ketones is 1. The van der Waals surface area contributed by atoms with E-state index in [2.05, 4.69) is 37.9 Å². The highest BCUT2D eigenvalue weighted by Gasteiger charge is 2.18. The number of carbonyl (C=O) groups excluding carboxylic acids is 2. The molecule has 1 amide bonds. The Labute approximate surface area is 177 Å². The smallest absolute Gasteiger partial charge is 0.304 e. The summed E-state index contributed by atoms with van der Waals surface area (Å²) in [5, 5.41) is 11.6. The van der Waals surface area contributed by atoms with Crippen molar-refractivity contribution in [3.63, 3.8) is 0 Å². The first-order valence-corrected chi connectivity index (χ1v) is 9.77.